The van der Waals surface area contributed by atoms with Gasteiger partial charge in [0, 0.05) is 46.7 Å². The molecule has 5 heteroatoms. The summed E-state index contributed by atoms with van der Waals surface area (Å²) in [5, 5.41) is 6.93. The van der Waals surface area contributed by atoms with Gasteiger partial charge in [0.15, 0.2) is 0 Å². The molecular formula is C48H33N5. The van der Waals surface area contributed by atoms with Gasteiger partial charge < -0.3 is 0 Å². The highest BCUT2D eigenvalue weighted by atomic mass is 14.8. The fourth-order valence-electron chi connectivity index (χ4n) is 7.14. The summed E-state index contributed by atoms with van der Waals surface area (Å²) in [6.07, 6.45) is 11.0. The Morgan fingerprint density at radius 1 is 0.566 bits per heavy atom. The van der Waals surface area contributed by atoms with E-state index in [0.717, 1.165) is 77.8 Å². The summed E-state index contributed by atoms with van der Waals surface area (Å²) in [6, 6.07) is 47.2. The molecule has 250 valence electrons. The highest BCUT2D eigenvalue weighted by Gasteiger charge is 2.15. The number of aromatic nitrogens is 4. The van der Waals surface area contributed by atoms with Crippen molar-refractivity contribution in [2.24, 2.45) is 4.99 Å². The molecule has 5 aromatic carbocycles. The van der Waals surface area contributed by atoms with E-state index in [1.807, 2.05) is 48.8 Å². The van der Waals surface area contributed by atoms with E-state index < -0.39 is 0 Å². The first-order valence-electron chi connectivity index (χ1n) is 17.6. The summed E-state index contributed by atoms with van der Waals surface area (Å²) in [4.78, 5) is 23.1. The minimum atomic E-state index is 0.873. The topological polar surface area (TPSA) is 63.9 Å². The van der Waals surface area contributed by atoms with E-state index in [-0.39, 0.29) is 0 Å². The van der Waals surface area contributed by atoms with Gasteiger partial charge in [0.25, 0.3) is 0 Å². The van der Waals surface area contributed by atoms with Crippen LogP contribution in [0.25, 0.3) is 93.7 Å². The monoisotopic (exact) mass is 679 g/mol. The van der Waals surface area contributed by atoms with E-state index in [1.165, 1.54) is 21.5 Å². The molecule has 4 heterocycles. The van der Waals surface area contributed by atoms with Crippen LogP contribution in [-0.4, -0.2) is 26.7 Å². The zero-order valence-electron chi connectivity index (χ0n) is 29.1. The first-order valence-corrected chi connectivity index (χ1v) is 17.6. The fraction of sp³-hybridized carbons (Fsp3) is 0.0208. The van der Waals surface area contributed by atoms with Crippen LogP contribution in [-0.2, 0) is 0 Å². The van der Waals surface area contributed by atoms with E-state index in [1.54, 1.807) is 12.4 Å². The maximum absolute atomic E-state index is 5.17. The number of fused-ring (bicyclic) bond motifs is 6. The van der Waals surface area contributed by atoms with Crippen LogP contribution >= 0.6 is 0 Å². The quantitative estimate of drug-likeness (QED) is 0.0955. The Morgan fingerprint density at radius 2 is 1.28 bits per heavy atom. The average Bonchev–Trinajstić information content (AvgIpc) is 3.23. The van der Waals surface area contributed by atoms with Crippen LogP contribution in [0.3, 0.4) is 0 Å². The summed E-state index contributed by atoms with van der Waals surface area (Å²) in [6.45, 7) is 5.60. The Hall–Kier alpha value is -7.11. The smallest absolute Gasteiger partial charge is 0.0978 e. The SMILES string of the molecule is C=N/C=C\C=C(/C)c1cc(-c2ccc3c(ccc4cc(-c5cc(-c6ccccc6)nc6c5ccc5cccnc56)ccc43)c2)cc(-c2cccnc2)n1. The van der Waals surface area contributed by atoms with Gasteiger partial charge in [0.1, 0.15) is 0 Å². The standard InChI is InChI=1S/C48H33N5/c1-31(9-6-22-49-2)44-27-39(28-45(52-44)38-13-7-23-50-30-38)34-17-19-40-35(25-34)14-15-36-26-37(18-20-41(36)40)43-29-46(32-10-4-3-5-11-32)53-48-42(43)21-16-33-12-8-24-51-47(33)48/h3-30H,2H2,1H3/b22-6-,31-9+. The summed E-state index contributed by atoms with van der Waals surface area (Å²) >= 11 is 0. The second kappa shape index (κ2) is 13.5. The van der Waals surface area contributed by atoms with Gasteiger partial charge in [-0.2, -0.15) is 0 Å². The Labute approximate surface area is 307 Å². The van der Waals surface area contributed by atoms with Crippen LogP contribution in [0.5, 0.6) is 0 Å². The third-order valence-corrected chi connectivity index (χ3v) is 9.83. The summed E-state index contributed by atoms with van der Waals surface area (Å²) in [7, 11) is 0. The molecule has 0 aliphatic heterocycles. The van der Waals surface area contributed by atoms with E-state index >= 15 is 0 Å². The van der Waals surface area contributed by atoms with Crippen molar-refractivity contribution in [1.82, 2.24) is 19.9 Å². The van der Waals surface area contributed by atoms with Crippen molar-refractivity contribution in [3.05, 3.63) is 176 Å². The number of nitrogens with zero attached hydrogens (tertiary/aromatic N) is 5. The van der Waals surface area contributed by atoms with E-state index in [9.17, 15) is 0 Å². The molecule has 0 atom stereocenters. The van der Waals surface area contributed by atoms with E-state index in [2.05, 4.69) is 133 Å². The molecule has 0 amide bonds. The lowest BCUT2D eigenvalue weighted by atomic mass is 9.93. The third kappa shape index (κ3) is 6.04. The molecule has 0 N–H and O–H groups in total. The first-order chi connectivity index (χ1) is 26.1. The molecule has 9 aromatic rings. The average molecular weight is 680 g/mol. The van der Waals surface area contributed by atoms with Gasteiger partial charge in [0.2, 0.25) is 0 Å². The zero-order chi connectivity index (χ0) is 35.7. The number of hydrogen-bond acceptors (Lipinski definition) is 5. The van der Waals surface area contributed by atoms with Crippen LogP contribution in [0.4, 0.5) is 0 Å². The second-order valence-corrected chi connectivity index (χ2v) is 13.1. The number of aliphatic imine (C=N–C) groups is 1. The number of hydrogen-bond donors (Lipinski definition) is 0. The van der Waals surface area contributed by atoms with E-state index in [4.69, 9.17) is 15.0 Å². The third-order valence-electron chi connectivity index (χ3n) is 9.83. The highest BCUT2D eigenvalue weighted by molar-refractivity contribution is 6.12. The van der Waals surface area contributed by atoms with Crippen molar-refractivity contribution in [2.45, 2.75) is 6.92 Å². The van der Waals surface area contributed by atoms with Crippen LogP contribution in [0.15, 0.2) is 175 Å². The highest BCUT2D eigenvalue weighted by Crippen LogP contribution is 2.38. The van der Waals surface area contributed by atoms with Crippen molar-refractivity contribution in [3.63, 3.8) is 0 Å². The molecule has 4 aromatic heterocycles. The van der Waals surface area contributed by atoms with Crippen molar-refractivity contribution in [2.75, 3.05) is 0 Å². The van der Waals surface area contributed by atoms with Gasteiger partial charge >= 0.3 is 0 Å². The molecule has 0 saturated heterocycles. The number of benzene rings is 5. The maximum atomic E-state index is 5.17. The minimum absolute atomic E-state index is 0.873. The van der Waals surface area contributed by atoms with E-state index in [0.29, 0.717) is 0 Å². The lowest BCUT2D eigenvalue weighted by Crippen LogP contribution is -1.93. The van der Waals surface area contributed by atoms with Crippen molar-refractivity contribution in [1.29, 1.82) is 0 Å². The lowest BCUT2D eigenvalue weighted by Gasteiger charge is -2.14. The second-order valence-electron chi connectivity index (χ2n) is 13.1. The van der Waals surface area contributed by atoms with Crippen LogP contribution in [0.2, 0.25) is 0 Å². The van der Waals surface area contributed by atoms with Gasteiger partial charge in [-0.05, 0) is 118 Å². The van der Waals surface area contributed by atoms with Crippen molar-refractivity contribution < 1.29 is 0 Å². The summed E-state index contributed by atoms with van der Waals surface area (Å²) in [5.74, 6) is 0. The van der Waals surface area contributed by atoms with Crippen molar-refractivity contribution in [3.8, 4) is 44.8 Å². The Morgan fingerprint density at radius 3 is 2.08 bits per heavy atom. The summed E-state index contributed by atoms with van der Waals surface area (Å²) < 4.78 is 0. The molecule has 0 bridgehead atoms. The molecule has 0 unspecified atom stereocenters. The normalized spacial score (nSPS) is 12.0. The first kappa shape index (κ1) is 31.8. The van der Waals surface area contributed by atoms with Gasteiger partial charge in [-0.3, -0.25) is 15.0 Å². The van der Waals surface area contributed by atoms with Crippen LogP contribution in [0.1, 0.15) is 12.6 Å². The van der Waals surface area contributed by atoms with Crippen LogP contribution in [0, 0.1) is 0 Å². The Kier molecular flexibility index (Phi) is 8.14. The molecule has 0 fully saturated rings. The molecule has 9 rings (SSSR count). The fourth-order valence-corrected chi connectivity index (χ4v) is 7.14. The largest absolute Gasteiger partial charge is 0.273 e. The van der Waals surface area contributed by atoms with Gasteiger partial charge in [-0.25, -0.2) is 9.97 Å². The lowest BCUT2D eigenvalue weighted by molar-refractivity contribution is 1.25. The van der Waals surface area contributed by atoms with Crippen molar-refractivity contribution >= 4 is 55.6 Å². The van der Waals surface area contributed by atoms with Gasteiger partial charge in [0.05, 0.1) is 28.1 Å². The molecule has 0 spiro atoms. The number of rotatable bonds is 7. The molecule has 5 nitrogen and oxygen atoms in total. The molecule has 0 saturated carbocycles. The minimum Gasteiger partial charge on any atom is -0.273 e. The predicted octanol–water partition coefficient (Wildman–Crippen LogP) is 12.2. The van der Waals surface area contributed by atoms with Gasteiger partial charge in [-0.1, -0.05) is 91.0 Å². The Balaban J connectivity index is 1.16. The molecule has 53 heavy (non-hydrogen) atoms. The number of allylic oxidation sites excluding steroid dienone is 3. The maximum Gasteiger partial charge on any atom is 0.0978 e. The Bertz CT molecular complexity index is 2910. The number of pyridine rings is 4. The molecule has 0 aliphatic rings. The molecule has 0 radical (unpaired) electrons. The molecular weight excluding hydrogens is 647 g/mol. The van der Waals surface area contributed by atoms with Crippen LogP contribution < -0.4 is 0 Å². The predicted molar refractivity (Wildman–Crippen MR) is 222 cm³/mol. The summed E-state index contributed by atoms with van der Waals surface area (Å²) in [5.41, 5.74) is 12.1. The zero-order valence-corrected chi connectivity index (χ0v) is 29.1. The molecule has 0 aliphatic carbocycles. The van der Waals surface area contributed by atoms with Gasteiger partial charge in [-0.15, -0.1) is 0 Å².